The average molecular weight is 285 g/mol. The molecule has 0 amide bonds. The van der Waals surface area contributed by atoms with Crippen LogP contribution in [0.15, 0.2) is 11.0 Å². The second-order valence-corrected chi connectivity index (χ2v) is 5.30. The summed E-state index contributed by atoms with van der Waals surface area (Å²) >= 11 is 6.05. The Hall–Kier alpha value is -1.07. The molecule has 106 valence electrons. The van der Waals surface area contributed by atoms with Crippen molar-refractivity contribution >= 4 is 17.3 Å². The molecule has 1 aliphatic rings. The van der Waals surface area contributed by atoms with Crippen LogP contribution >= 0.6 is 11.6 Å². The fourth-order valence-electron chi connectivity index (χ4n) is 2.39. The predicted molar refractivity (Wildman–Crippen MR) is 77.9 cm³/mol. The van der Waals surface area contributed by atoms with Gasteiger partial charge in [0, 0.05) is 13.1 Å². The first-order chi connectivity index (χ1) is 9.22. The van der Waals surface area contributed by atoms with E-state index in [2.05, 4.69) is 15.7 Å². The maximum atomic E-state index is 11.8. The molecule has 1 saturated heterocycles. The highest BCUT2D eigenvalue weighted by molar-refractivity contribution is 6.32. The summed E-state index contributed by atoms with van der Waals surface area (Å²) in [6, 6.07) is 0. The van der Waals surface area contributed by atoms with Crippen LogP contribution in [0.2, 0.25) is 5.02 Å². The Morgan fingerprint density at radius 1 is 1.63 bits per heavy atom. The third-order valence-corrected chi connectivity index (χ3v) is 3.92. The normalized spacial score (nSPS) is 19.4. The van der Waals surface area contributed by atoms with Crippen LogP contribution in [0.4, 0.5) is 5.69 Å². The van der Waals surface area contributed by atoms with Gasteiger partial charge in [0.2, 0.25) is 0 Å². The first kappa shape index (κ1) is 14.3. The van der Waals surface area contributed by atoms with Gasteiger partial charge >= 0.3 is 0 Å². The van der Waals surface area contributed by atoms with Crippen LogP contribution in [0, 0.1) is 5.92 Å². The zero-order valence-electron chi connectivity index (χ0n) is 11.3. The van der Waals surface area contributed by atoms with Gasteiger partial charge in [-0.25, -0.2) is 4.68 Å². The number of aromatic nitrogens is 2. The number of anilines is 1. The molecule has 0 bridgehead atoms. The molecule has 2 N–H and O–H groups in total. The molecule has 1 unspecified atom stereocenters. The highest BCUT2D eigenvalue weighted by atomic mass is 35.5. The SMILES string of the molecule is CCn1ncc(NCCC2CCCNC2)c(Cl)c1=O. The van der Waals surface area contributed by atoms with Gasteiger partial charge in [0.05, 0.1) is 11.9 Å². The van der Waals surface area contributed by atoms with E-state index in [1.807, 2.05) is 6.92 Å². The quantitative estimate of drug-likeness (QED) is 0.864. The van der Waals surface area contributed by atoms with Gasteiger partial charge in [-0.2, -0.15) is 5.10 Å². The van der Waals surface area contributed by atoms with E-state index in [9.17, 15) is 4.79 Å². The Bertz CT molecular complexity index is 468. The third kappa shape index (κ3) is 3.70. The van der Waals surface area contributed by atoms with E-state index in [-0.39, 0.29) is 10.6 Å². The lowest BCUT2D eigenvalue weighted by atomic mass is 9.96. The molecule has 6 heteroatoms. The van der Waals surface area contributed by atoms with E-state index in [0.717, 1.165) is 26.1 Å². The minimum absolute atomic E-state index is 0.228. The molecule has 0 saturated carbocycles. The molecular weight excluding hydrogens is 264 g/mol. The van der Waals surface area contributed by atoms with Gasteiger partial charge in [0.1, 0.15) is 5.02 Å². The molecule has 1 atom stereocenters. The smallest absolute Gasteiger partial charge is 0.287 e. The number of nitrogens with zero attached hydrogens (tertiary/aromatic N) is 2. The maximum absolute atomic E-state index is 11.8. The molecule has 0 aliphatic carbocycles. The van der Waals surface area contributed by atoms with Crippen molar-refractivity contribution in [2.75, 3.05) is 25.0 Å². The van der Waals surface area contributed by atoms with Crippen LogP contribution in [0.5, 0.6) is 0 Å². The molecule has 0 spiro atoms. The lowest BCUT2D eigenvalue weighted by Gasteiger charge is -2.22. The molecule has 0 aromatic carbocycles. The molecule has 0 radical (unpaired) electrons. The van der Waals surface area contributed by atoms with E-state index in [1.54, 1.807) is 6.20 Å². The molecule has 1 aliphatic heterocycles. The van der Waals surface area contributed by atoms with Crippen LogP contribution in [0.3, 0.4) is 0 Å². The number of hydrogen-bond acceptors (Lipinski definition) is 4. The monoisotopic (exact) mass is 284 g/mol. The Labute approximate surface area is 118 Å². The highest BCUT2D eigenvalue weighted by Gasteiger charge is 2.13. The maximum Gasteiger partial charge on any atom is 0.287 e. The van der Waals surface area contributed by atoms with Gasteiger partial charge < -0.3 is 10.6 Å². The van der Waals surface area contributed by atoms with Gasteiger partial charge in [-0.15, -0.1) is 0 Å². The van der Waals surface area contributed by atoms with Crippen LogP contribution in [0.1, 0.15) is 26.2 Å². The number of halogens is 1. The van der Waals surface area contributed by atoms with Crippen molar-refractivity contribution in [1.82, 2.24) is 15.1 Å². The van der Waals surface area contributed by atoms with E-state index >= 15 is 0 Å². The molecule has 1 aromatic heterocycles. The van der Waals surface area contributed by atoms with Gasteiger partial charge in [-0.1, -0.05) is 11.6 Å². The largest absolute Gasteiger partial charge is 0.382 e. The number of hydrogen-bond donors (Lipinski definition) is 2. The number of rotatable bonds is 5. The molecular formula is C13H21ClN4O. The molecule has 5 nitrogen and oxygen atoms in total. The van der Waals surface area contributed by atoms with Crippen molar-refractivity contribution in [3.05, 3.63) is 21.6 Å². The molecule has 19 heavy (non-hydrogen) atoms. The van der Waals surface area contributed by atoms with Crippen molar-refractivity contribution in [3.63, 3.8) is 0 Å². The number of aryl methyl sites for hydroxylation is 1. The number of piperidine rings is 1. The standard InChI is InChI=1S/C13H21ClN4O/c1-2-18-13(19)12(14)11(9-17-18)16-7-5-10-4-3-6-15-8-10/h9-10,15-16H,2-8H2,1H3. The van der Waals surface area contributed by atoms with Crippen LogP contribution in [-0.2, 0) is 6.54 Å². The Kier molecular flexibility index (Phi) is 5.22. The minimum Gasteiger partial charge on any atom is -0.382 e. The van der Waals surface area contributed by atoms with Crippen molar-refractivity contribution in [2.45, 2.75) is 32.7 Å². The van der Waals surface area contributed by atoms with Crippen molar-refractivity contribution in [1.29, 1.82) is 0 Å². The van der Waals surface area contributed by atoms with Crippen LogP contribution in [-0.4, -0.2) is 29.4 Å². The minimum atomic E-state index is -0.228. The summed E-state index contributed by atoms with van der Waals surface area (Å²) in [5.74, 6) is 0.712. The van der Waals surface area contributed by atoms with Crippen molar-refractivity contribution in [3.8, 4) is 0 Å². The Balaban J connectivity index is 1.89. The summed E-state index contributed by atoms with van der Waals surface area (Å²) in [5, 5.41) is 10.9. The summed E-state index contributed by atoms with van der Waals surface area (Å²) in [4.78, 5) is 11.8. The lowest BCUT2D eigenvalue weighted by Crippen LogP contribution is -2.31. The van der Waals surface area contributed by atoms with Crippen LogP contribution in [0.25, 0.3) is 0 Å². The topological polar surface area (TPSA) is 59.0 Å². The average Bonchev–Trinajstić information content (AvgIpc) is 2.45. The fourth-order valence-corrected chi connectivity index (χ4v) is 2.61. The van der Waals surface area contributed by atoms with E-state index in [1.165, 1.54) is 17.5 Å². The Morgan fingerprint density at radius 3 is 3.16 bits per heavy atom. The summed E-state index contributed by atoms with van der Waals surface area (Å²) < 4.78 is 1.36. The first-order valence-electron chi connectivity index (χ1n) is 6.92. The van der Waals surface area contributed by atoms with Crippen molar-refractivity contribution in [2.24, 2.45) is 5.92 Å². The second kappa shape index (κ2) is 6.91. The van der Waals surface area contributed by atoms with Gasteiger partial charge in [-0.3, -0.25) is 4.79 Å². The second-order valence-electron chi connectivity index (χ2n) is 4.92. The summed E-state index contributed by atoms with van der Waals surface area (Å²) in [6.45, 7) is 5.45. The molecule has 2 rings (SSSR count). The summed E-state index contributed by atoms with van der Waals surface area (Å²) in [7, 11) is 0. The molecule has 1 aromatic rings. The molecule has 2 heterocycles. The number of nitrogens with one attached hydrogen (secondary N) is 2. The zero-order chi connectivity index (χ0) is 13.7. The lowest BCUT2D eigenvalue weighted by molar-refractivity contribution is 0.364. The zero-order valence-corrected chi connectivity index (χ0v) is 12.0. The van der Waals surface area contributed by atoms with E-state index in [4.69, 9.17) is 11.6 Å². The molecule has 1 fully saturated rings. The van der Waals surface area contributed by atoms with Gasteiger partial charge in [0.15, 0.2) is 0 Å². The predicted octanol–water partition coefficient (Wildman–Crippen LogP) is 1.72. The fraction of sp³-hybridized carbons (Fsp3) is 0.692. The van der Waals surface area contributed by atoms with Crippen LogP contribution < -0.4 is 16.2 Å². The highest BCUT2D eigenvalue weighted by Crippen LogP contribution is 2.17. The van der Waals surface area contributed by atoms with Crippen molar-refractivity contribution < 1.29 is 0 Å². The van der Waals surface area contributed by atoms with Gasteiger partial charge in [-0.05, 0) is 45.2 Å². The summed E-state index contributed by atoms with van der Waals surface area (Å²) in [5.41, 5.74) is 0.411. The summed E-state index contributed by atoms with van der Waals surface area (Å²) in [6.07, 6.45) is 5.24. The van der Waals surface area contributed by atoms with E-state index < -0.39 is 0 Å². The van der Waals surface area contributed by atoms with Gasteiger partial charge in [0.25, 0.3) is 5.56 Å². The third-order valence-electron chi connectivity index (χ3n) is 3.55. The first-order valence-corrected chi connectivity index (χ1v) is 7.30. The Morgan fingerprint density at radius 2 is 2.47 bits per heavy atom. The van der Waals surface area contributed by atoms with E-state index in [0.29, 0.717) is 18.2 Å².